The van der Waals surface area contributed by atoms with E-state index in [2.05, 4.69) is 6.07 Å². The minimum atomic E-state index is -0.0173. The van der Waals surface area contributed by atoms with Gasteiger partial charge in [-0.3, -0.25) is 4.79 Å². The summed E-state index contributed by atoms with van der Waals surface area (Å²) in [5.41, 5.74) is 12.9. The van der Waals surface area contributed by atoms with E-state index in [1.807, 2.05) is 55.1 Å². The Morgan fingerprint density at radius 3 is 2.35 bits per heavy atom. The Kier molecular flexibility index (Phi) is 6.57. The summed E-state index contributed by atoms with van der Waals surface area (Å²) in [6.45, 7) is 7.11. The molecule has 31 heavy (non-hydrogen) atoms. The number of amides is 1. The smallest absolute Gasteiger partial charge is 0.254 e. The molecule has 1 fully saturated rings. The lowest BCUT2D eigenvalue weighted by molar-refractivity contribution is 0.0601. The van der Waals surface area contributed by atoms with Crippen LogP contribution in [-0.4, -0.2) is 43.3 Å². The molecule has 1 saturated heterocycles. The Hall–Kier alpha value is -3.43. The Morgan fingerprint density at radius 2 is 1.81 bits per heavy atom. The molecule has 3 rings (SSSR count). The van der Waals surface area contributed by atoms with E-state index in [1.165, 1.54) is 0 Å². The number of nitrogens with zero attached hydrogens (tertiary/aromatic N) is 2. The van der Waals surface area contributed by atoms with Crippen molar-refractivity contribution in [3.05, 3.63) is 75.4 Å². The van der Waals surface area contributed by atoms with Crippen molar-refractivity contribution in [2.75, 3.05) is 26.8 Å². The monoisotopic (exact) mass is 416 g/mol. The number of rotatable bonds is 6. The van der Waals surface area contributed by atoms with Crippen LogP contribution in [0.15, 0.2) is 42.0 Å². The summed E-state index contributed by atoms with van der Waals surface area (Å²) < 4.78 is 5.21. The number of nitrogens with one attached hydrogen (secondary N) is 1. The molecule has 2 aromatic rings. The van der Waals surface area contributed by atoms with Crippen LogP contribution in [-0.2, 0) is 4.74 Å². The predicted octanol–water partition coefficient (Wildman–Crippen LogP) is 3.77. The first-order chi connectivity index (χ1) is 14.8. The van der Waals surface area contributed by atoms with Crippen LogP contribution in [0, 0.1) is 30.6 Å². The van der Waals surface area contributed by atoms with E-state index in [0.29, 0.717) is 41.2 Å². The van der Waals surface area contributed by atoms with E-state index in [-0.39, 0.29) is 18.4 Å². The molecule has 1 aliphatic heterocycles. The third kappa shape index (κ3) is 4.52. The van der Waals surface area contributed by atoms with Crippen LogP contribution < -0.4 is 5.73 Å². The van der Waals surface area contributed by atoms with Crippen molar-refractivity contribution in [2.45, 2.75) is 26.7 Å². The molecule has 0 aliphatic carbocycles. The molecule has 160 valence electrons. The Morgan fingerprint density at radius 1 is 1.19 bits per heavy atom. The summed E-state index contributed by atoms with van der Waals surface area (Å²) in [5, 5.41) is 17.0. The molecule has 0 aromatic heterocycles. The number of benzene rings is 2. The summed E-state index contributed by atoms with van der Waals surface area (Å²) in [5.74, 6) is 0.261. The van der Waals surface area contributed by atoms with Crippen molar-refractivity contribution in [2.24, 2.45) is 5.73 Å². The van der Waals surface area contributed by atoms with Gasteiger partial charge in [0.2, 0.25) is 0 Å². The Bertz CT molecular complexity index is 1090. The fourth-order valence-electron chi connectivity index (χ4n) is 3.92. The highest BCUT2D eigenvalue weighted by Gasteiger charge is 2.33. The van der Waals surface area contributed by atoms with Crippen LogP contribution in [0.3, 0.4) is 0 Å². The third-order valence-corrected chi connectivity index (χ3v) is 5.84. The molecule has 0 unspecified atom stereocenters. The largest absolute Gasteiger partial charge is 0.398 e. The second-order valence-corrected chi connectivity index (χ2v) is 8.07. The van der Waals surface area contributed by atoms with Gasteiger partial charge in [-0.05, 0) is 55.7 Å². The molecule has 1 heterocycles. The molecule has 6 heteroatoms. The summed E-state index contributed by atoms with van der Waals surface area (Å²) >= 11 is 0. The molecule has 3 N–H and O–H groups in total. The van der Waals surface area contributed by atoms with Crippen molar-refractivity contribution in [1.29, 1.82) is 10.7 Å². The summed E-state index contributed by atoms with van der Waals surface area (Å²) in [6, 6.07) is 13.5. The average molecular weight is 417 g/mol. The molecular weight excluding hydrogens is 388 g/mol. The molecule has 0 radical (unpaired) electrons. The standard InChI is InChI=1S/C25H28N4O2/c1-15-9-16(2)22(10-21(15)24(28)23(14-31-4)17(3)27)25(30)29-12-20(13-29)19-7-5-18(11-26)6-8-19/h5-10,20,27H,12-14,28H2,1-4H3/b24-23-,27-17?. The second kappa shape index (κ2) is 9.15. The Labute approximate surface area is 183 Å². The van der Waals surface area contributed by atoms with Gasteiger partial charge in [0, 0.05) is 54.2 Å². The number of likely N-dealkylation sites (tertiary alicyclic amines) is 1. The van der Waals surface area contributed by atoms with Crippen LogP contribution in [0.4, 0.5) is 0 Å². The zero-order valence-corrected chi connectivity index (χ0v) is 18.5. The first kappa shape index (κ1) is 22.3. The van der Waals surface area contributed by atoms with Crippen LogP contribution in [0.1, 0.15) is 51.0 Å². The first-order valence-corrected chi connectivity index (χ1v) is 10.2. The Balaban J connectivity index is 1.84. The van der Waals surface area contributed by atoms with Gasteiger partial charge in [-0.2, -0.15) is 5.26 Å². The van der Waals surface area contributed by atoms with Gasteiger partial charge < -0.3 is 20.8 Å². The predicted molar refractivity (Wildman–Crippen MR) is 122 cm³/mol. The number of ether oxygens (including phenoxy) is 1. The maximum atomic E-state index is 13.2. The zero-order valence-electron chi connectivity index (χ0n) is 18.5. The van der Waals surface area contributed by atoms with Gasteiger partial charge in [-0.15, -0.1) is 0 Å². The lowest BCUT2D eigenvalue weighted by Crippen LogP contribution is -2.48. The quantitative estimate of drug-likeness (QED) is 0.700. The van der Waals surface area contributed by atoms with Crippen molar-refractivity contribution in [3.63, 3.8) is 0 Å². The number of carbonyl (C=O) groups excluding carboxylic acids is 1. The highest BCUT2D eigenvalue weighted by Crippen LogP contribution is 2.30. The summed E-state index contributed by atoms with van der Waals surface area (Å²) in [6.07, 6.45) is 0. The van der Waals surface area contributed by atoms with Crippen LogP contribution in [0.5, 0.6) is 0 Å². The molecule has 2 aromatic carbocycles. The van der Waals surface area contributed by atoms with Crippen LogP contribution in [0.25, 0.3) is 5.70 Å². The number of hydrogen-bond acceptors (Lipinski definition) is 5. The van der Waals surface area contributed by atoms with Crippen LogP contribution >= 0.6 is 0 Å². The van der Waals surface area contributed by atoms with E-state index in [4.69, 9.17) is 21.1 Å². The zero-order chi connectivity index (χ0) is 22.7. The fourth-order valence-corrected chi connectivity index (χ4v) is 3.92. The number of aryl methyl sites for hydroxylation is 2. The van der Waals surface area contributed by atoms with Crippen molar-refractivity contribution < 1.29 is 9.53 Å². The molecule has 0 spiro atoms. The van der Waals surface area contributed by atoms with Gasteiger partial charge in [0.15, 0.2) is 0 Å². The second-order valence-electron chi connectivity index (χ2n) is 8.07. The summed E-state index contributed by atoms with van der Waals surface area (Å²) in [4.78, 5) is 15.0. The number of hydrogen-bond donors (Lipinski definition) is 2. The van der Waals surface area contributed by atoms with E-state index in [9.17, 15) is 4.79 Å². The van der Waals surface area contributed by atoms with E-state index in [0.717, 1.165) is 22.3 Å². The highest BCUT2D eigenvalue weighted by atomic mass is 16.5. The minimum Gasteiger partial charge on any atom is -0.398 e. The minimum absolute atomic E-state index is 0.0173. The van der Waals surface area contributed by atoms with E-state index in [1.54, 1.807) is 14.0 Å². The molecule has 6 nitrogen and oxygen atoms in total. The van der Waals surface area contributed by atoms with Gasteiger partial charge in [0.25, 0.3) is 5.91 Å². The maximum absolute atomic E-state index is 13.2. The van der Waals surface area contributed by atoms with Crippen LogP contribution in [0.2, 0.25) is 0 Å². The first-order valence-electron chi connectivity index (χ1n) is 10.2. The molecule has 0 saturated carbocycles. The number of carbonyl (C=O) groups is 1. The SMILES string of the molecule is COC/C(C(C)=N)=C(/N)c1cc(C(=O)N2CC(c3ccc(C#N)cc3)C2)c(C)cc1C. The van der Waals surface area contributed by atoms with Crippen molar-refractivity contribution in [1.82, 2.24) is 4.90 Å². The average Bonchev–Trinajstić information content (AvgIpc) is 2.70. The van der Waals surface area contributed by atoms with Gasteiger partial charge in [-0.1, -0.05) is 18.2 Å². The van der Waals surface area contributed by atoms with E-state index < -0.39 is 0 Å². The van der Waals surface area contributed by atoms with Gasteiger partial charge >= 0.3 is 0 Å². The molecule has 1 aliphatic rings. The normalized spacial score (nSPS) is 14.5. The molecule has 0 atom stereocenters. The molecule has 1 amide bonds. The number of nitriles is 1. The topological polar surface area (TPSA) is 103 Å². The van der Waals surface area contributed by atoms with Crippen molar-refractivity contribution >= 4 is 17.3 Å². The molecule has 0 bridgehead atoms. The van der Waals surface area contributed by atoms with Gasteiger partial charge in [0.05, 0.1) is 18.2 Å². The summed E-state index contributed by atoms with van der Waals surface area (Å²) in [7, 11) is 1.57. The molecular formula is C25H28N4O2. The third-order valence-electron chi connectivity index (χ3n) is 5.84. The van der Waals surface area contributed by atoms with E-state index >= 15 is 0 Å². The van der Waals surface area contributed by atoms with Crippen molar-refractivity contribution in [3.8, 4) is 6.07 Å². The lowest BCUT2D eigenvalue weighted by atomic mass is 9.89. The van der Waals surface area contributed by atoms with Gasteiger partial charge in [0.1, 0.15) is 0 Å². The number of methoxy groups -OCH3 is 1. The highest BCUT2D eigenvalue weighted by molar-refractivity contribution is 6.04. The maximum Gasteiger partial charge on any atom is 0.254 e. The lowest BCUT2D eigenvalue weighted by Gasteiger charge is -2.40. The fraction of sp³-hybridized carbons (Fsp3) is 0.320. The van der Waals surface area contributed by atoms with Gasteiger partial charge in [-0.25, -0.2) is 0 Å². The number of nitrogens with two attached hydrogens (primary N) is 1.